The van der Waals surface area contributed by atoms with E-state index in [2.05, 4.69) is 15.3 Å². The van der Waals surface area contributed by atoms with E-state index in [0.29, 0.717) is 110 Å². The summed E-state index contributed by atoms with van der Waals surface area (Å²) in [6, 6.07) is 28.1. The molecule has 614 valence electrons. The molecule has 118 heavy (non-hydrogen) atoms. The van der Waals surface area contributed by atoms with Gasteiger partial charge in [0.2, 0.25) is 33.1 Å². The Morgan fingerprint density at radius 1 is 0.415 bits per heavy atom. The second kappa shape index (κ2) is 30.6. The number of cyclic esters (lactones) is 4. The summed E-state index contributed by atoms with van der Waals surface area (Å²) in [5.41, 5.74) is 28.3. The summed E-state index contributed by atoms with van der Waals surface area (Å²) in [4.78, 5) is 66.5. The van der Waals surface area contributed by atoms with Gasteiger partial charge >= 0.3 is 23.9 Å². The van der Waals surface area contributed by atoms with E-state index >= 15 is 0 Å². The topological polar surface area (TPSA) is 421 Å². The van der Waals surface area contributed by atoms with Crippen LogP contribution in [0, 0.1) is 75.0 Å². The second-order valence-corrected chi connectivity index (χ2v) is 31.1. The van der Waals surface area contributed by atoms with Crippen LogP contribution in [0.5, 0.6) is 92.0 Å². The van der Waals surface area contributed by atoms with E-state index in [9.17, 15) is 55.0 Å². The van der Waals surface area contributed by atoms with Gasteiger partial charge in [-0.05, 0) is 195 Å². The quantitative estimate of drug-likeness (QED) is 0.0208. The standard InChI is InChI=1S/C24H25NO7.C21H19N3O6.C21H21NO6.C21H20O7/c1-4-19(26)25-22-14-8-17-16(31-10-32-17)7-13(14)20(21-15(22)9-30-24(21)28)12-5-11(2)23(27)18(6-12)29-3;1-9-3-10(4-16(27-2)20(9)25)17-11-5-14-15(30-8-29-14)6-12(11)19(23-24-22)13-7-28-21(26)18(13)17;1-9-3-10(4-16(25-2)20(9)23)17-11-5-14-15(28-8-27-14)6-12(11)19(22)13-7-26-21(24)18(13)17;1-9-3-10(4-16(25-2)19(9)22)17-11-5-14-15(28-8-27-14)6-12(11)20(23)13-7-26-21(24)18(13)17/h5-8,15,20-22,27H,4,9-10H2,1-3H3,(H,25,26);3-6,13,17-19,25H,7-8H2,1-2H3;3-6,13,17-19,23H,7-8,22H2,1-2H3;3-6,13,17-18,20,22-23H,7-8H2,1-2H3/t15-,20?,21?,22+;13-,17?,18?,19?;13-,17?,18?,19+;13-,17?,18?,20+/m0000/s1. The number of ether oxygens (including phenoxy) is 16. The van der Waals surface area contributed by atoms with Gasteiger partial charge in [0.25, 0.3) is 0 Å². The van der Waals surface area contributed by atoms with Crippen molar-refractivity contribution >= 4 is 29.8 Å². The van der Waals surface area contributed by atoms with Crippen LogP contribution >= 0.6 is 0 Å². The lowest BCUT2D eigenvalue weighted by Gasteiger charge is -2.39. The number of azide groups is 1. The largest absolute Gasteiger partial charge is 0.504 e. The summed E-state index contributed by atoms with van der Waals surface area (Å²) in [6.45, 7) is 10.3. The highest BCUT2D eigenvalue weighted by Crippen LogP contribution is 2.61. The zero-order valence-electron chi connectivity index (χ0n) is 65.6. The van der Waals surface area contributed by atoms with Crippen LogP contribution in [0.4, 0.5) is 0 Å². The normalized spacial score (nSPS) is 26.2. The molecule has 8 N–H and O–H groups in total. The Labute approximate surface area is 675 Å². The molecule has 4 saturated heterocycles. The van der Waals surface area contributed by atoms with Gasteiger partial charge in [-0.2, -0.15) is 0 Å². The van der Waals surface area contributed by atoms with Crippen LogP contribution in [0.15, 0.2) is 102 Å². The number of benzene rings is 8. The van der Waals surface area contributed by atoms with Crippen molar-refractivity contribution in [3.8, 4) is 92.0 Å². The molecule has 0 saturated carbocycles. The molecular formula is C87H85N5O26. The summed E-state index contributed by atoms with van der Waals surface area (Å²) in [5.74, 6) is 0.773. The van der Waals surface area contributed by atoms with Gasteiger partial charge in [0.05, 0.1) is 96.7 Å². The minimum Gasteiger partial charge on any atom is -0.504 e. The number of carbonyl (C=O) groups excluding carboxylic acids is 5. The molecule has 0 radical (unpaired) electrons. The Hall–Kier alpha value is -12.9. The lowest BCUT2D eigenvalue weighted by molar-refractivity contribution is -0.142. The number of nitrogens with two attached hydrogens (primary N) is 1. The molecule has 4 aliphatic carbocycles. The fourth-order valence-corrected chi connectivity index (χ4v) is 19.3. The lowest BCUT2D eigenvalue weighted by Crippen LogP contribution is -2.42. The number of phenolic OH excluding ortho intramolecular Hbond substituents is 4. The van der Waals surface area contributed by atoms with Gasteiger partial charge in [-0.3, -0.25) is 24.0 Å². The first-order valence-corrected chi connectivity index (χ1v) is 38.6. The van der Waals surface area contributed by atoms with Crippen molar-refractivity contribution in [2.24, 2.45) is 58.2 Å². The number of carbonyl (C=O) groups is 5. The minimum atomic E-state index is -0.836. The molecule has 20 rings (SSSR count). The third kappa shape index (κ3) is 13.0. The molecular weight excluding hydrogens is 1530 g/mol. The highest BCUT2D eigenvalue weighted by Gasteiger charge is 2.57. The Balaban J connectivity index is 0.000000113. The Bertz CT molecular complexity index is 5370. The minimum absolute atomic E-state index is 0.0560. The van der Waals surface area contributed by atoms with Crippen molar-refractivity contribution in [2.45, 2.75) is 88.9 Å². The fourth-order valence-electron chi connectivity index (χ4n) is 19.3. The van der Waals surface area contributed by atoms with Gasteiger partial charge in [0.15, 0.2) is 92.0 Å². The number of aryl methyl sites for hydroxylation is 4. The highest BCUT2D eigenvalue weighted by molar-refractivity contribution is 5.83. The predicted octanol–water partition coefficient (Wildman–Crippen LogP) is 11.4. The number of rotatable bonds is 11. The number of hydrogen-bond donors (Lipinski definition) is 7. The molecule has 31 heteroatoms. The van der Waals surface area contributed by atoms with E-state index in [1.165, 1.54) is 28.4 Å². The first kappa shape index (κ1) is 77.7. The molecule has 8 aromatic rings. The van der Waals surface area contributed by atoms with E-state index in [1.807, 2.05) is 66.7 Å². The van der Waals surface area contributed by atoms with Crippen LogP contribution < -0.4 is 67.9 Å². The summed E-state index contributed by atoms with van der Waals surface area (Å²) in [6.07, 6.45) is -0.502. The maximum atomic E-state index is 13.0. The van der Waals surface area contributed by atoms with Crippen molar-refractivity contribution in [3.63, 3.8) is 0 Å². The smallest absolute Gasteiger partial charge is 0.310 e. The number of nitrogens with zero attached hydrogens (tertiary/aromatic N) is 3. The van der Waals surface area contributed by atoms with Crippen molar-refractivity contribution in [3.05, 3.63) is 197 Å². The number of methoxy groups -OCH3 is 4. The molecule has 0 spiro atoms. The zero-order valence-corrected chi connectivity index (χ0v) is 65.6. The zero-order chi connectivity index (χ0) is 82.7. The molecule has 4 fully saturated rings. The molecule has 0 aromatic heterocycles. The molecule has 9 unspecified atom stereocenters. The number of aliphatic hydroxyl groups excluding tert-OH is 1. The third-order valence-electron chi connectivity index (χ3n) is 25.0. The van der Waals surface area contributed by atoms with Crippen LogP contribution in [0.25, 0.3) is 10.4 Å². The first-order valence-electron chi connectivity index (χ1n) is 38.6. The number of hydrogen-bond acceptors (Lipinski definition) is 28. The maximum Gasteiger partial charge on any atom is 0.310 e. The monoisotopic (exact) mass is 1620 g/mol. The van der Waals surface area contributed by atoms with E-state index in [0.717, 1.165) is 61.2 Å². The van der Waals surface area contributed by atoms with Gasteiger partial charge in [0.1, 0.15) is 0 Å². The van der Waals surface area contributed by atoms with Gasteiger partial charge < -0.3 is 112 Å². The van der Waals surface area contributed by atoms with Crippen molar-refractivity contribution in [1.29, 1.82) is 0 Å². The number of phenols is 4. The van der Waals surface area contributed by atoms with Crippen LogP contribution in [-0.2, 0) is 42.9 Å². The molecule has 8 heterocycles. The second-order valence-electron chi connectivity index (χ2n) is 31.1. The van der Waals surface area contributed by atoms with Gasteiger partial charge in [-0.15, -0.1) is 0 Å². The number of nitrogens with one attached hydrogen (secondary N) is 1. The van der Waals surface area contributed by atoms with Crippen LogP contribution in [-0.4, -0.2) is 137 Å². The van der Waals surface area contributed by atoms with E-state index in [4.69, 9.17) is 81.5 Å². The molecule has 12 aliphatic rings. The summed E-state index contributed by atoms with van der Waals surface area (Å²) in [7, 11) is 5.97. The van der Waals surface area contributed by atoms with E-state index < -0.39 is 35.8 Å². The maximum absolute atomic E-state index is 13.0. The number of aliphatic hydroxyl groups is 1. The molecule has 8 aliphatic heterocycles. The average molecular weight is 1620 g/mol. The number of aromatic hydroxyl groups is 4. The number of fused-ring (bicyclic) bond motifs is 12. The first-order chi connectivity index (χ1) is 56.9. The SMILES string of the molecule is CCC(=O)N[C@@H]1c2cc3c(cc2C(c2cc(C)c(O)c(OC)c2)C2C(=O)OC[C@@H]21)OCO3.COc1cc(C2c3cc4c(cc3C(N=[N+]=[N-])[C@H]3COC(=O)C23)OCO4)cc(C)c1O.COc1cc(C2c3cc4c(cc3[C@@H](N)[C@H]3COC(=O)C23)OCO4)cc(C)c1O.COc1cc(C2c3cc4c(cc3[C@@H](O)[C@H]3COC(=O)C23)OCO4)cc(C)c1O. The Morgan fingerprint density at radius 3 is 1.08 bits per heavy atom. The molecule has 0 bridgehead atoms. The Kier molecular flexibility index (Phi) is 20.2. The van der Waals surface area contributed by atoms with Gasteiger partial charge in [-0.1, -0.05) is 36.3 Å². The summed E-state index contributed by atoms with van der Waals surface area (Å²) >= 11 is 0. The van der Waals surface area contributed by atoms with Crippen LogP contribution in [0.1, 0.15) is 150 Å². The summed E-state index contributed by atoms with van der Waals surface area (Å²) < 4.78 is 87.4. The molecule has 31 nitrogen and oxygen atoms in total. The van der Waals surface area contributed by atoms with E-state index in [-0.39, 0.29) is 159 Å². The van der Waals surface area contributed by atoms with E-state index in [1.54, 1.807) is 65.0 Å². The average Bonchev–Trinajstić information content (AvgIpc) is 1.53. The van der Waals surface area contributed by atoms with Crippen molar-refractivity contribution < 1.29 is 125 Å². The van der Waals surface area contributed by atoms with Crippen LogP contribution in [0.3, 0.4) is 0 Å². The molecule has 16 atom stereocenters. The predicted molar refractivity (Wildman–Crippen MR) is 412 cm³/mol. The Morgan fingerprint density at radius 2 is 0.703 bits per heavy atom. The summed E-state index contributed by atoms with van der Waals surface area (Å²) in [5, 5.41) is 59.2. The highest BCUT2D eigenvalue weighted by atomic mass is 16.7. The molecule has 8 aromatic carbocycles. The van der Waals surface area contributed by atoms with Crippen LogP contribution in [0.2, 0.25) is 0 Å². The van der Waals surface area contributed by atoms with Gasteiger partial charge in [-0.25, -0.2) is 0 Å². The fraction of sp³-hybridized carbons (Fsp3) is 0.391. The van der Waals surface area contributed by atoms with Gasteiger partial charge in [0, 0.05) is 64.7 Å². The number of amides is 1. The number of esters is 4. The third-order valence-corrected chi connectivity index (χ3v) is 25.0. The van der Waals surface area contributed by atoms with Crippen molar-refractivity contribution in [2.75, 3.05) is 82.0 Å². The molecule has 1 amide bonds. The lowest BCUT2D eigenvalue weighted by atomic mass is 9.65. The van der Waals surface area contributed by atoms with Crippen molar-refractivity contribution in [1.82, 2.24) is 5.32 Å².